The summed E-state index contributed by atoms with van der Waals surface area (Å²) in [6.07, 6.45) is -4.70. The Hall–Kier alpha value is -1.66. The van der Waals surface area contributed by atoms with Crippen molar-refractivity contribution in [1.29, 1.82) is 0 Å². The van der Waals surface area contributed by atoms with Crippen molar-refractivity contribution in [1.82, 2.24) is 10.4 Å². The maximum Gasteiger partial charge on any atom is 0.389 e. The number of halogens is 3. The second kappa shape index (κ2) is 6.19. The molecule has 0 aliphatic carbocycles. The van der Waals surface area contributed by atoms with Crippen molar-refractivity contribution in [3.8, 4) is 0 Å². The van der Waals surface area contributed by atoms with Gasteiger partial charge < -0.3 is 0 Å². The number of benzene rings is 1. The molecule has 0 fully saturated rings. The van der Waals surface area contributed by atoms with E-state index in [4.69, 9.17) is 5.84 Å². The van der Waals surface area contributed by atoms with E-state index in [1.54, 1.807) is 0 Å². The van der Waals surface area contributed by atoms with Crippen LogP contribution in [0.3, 0.4) is 0 Å². The van der Waals surface area contributed by atoms with E-state index in [0.717, 1.165) is 16.6 Å². The number of aromatic nitrogens is 1. The molecule has 0 saturated carbocycles. The molecule has 0 aliphatic rings. The average Bonchev–Trinajstić information content (AvgIpc) is 2.42. The molecule has 0 spiro atoms. The SMILES string of the molecule is NNC(CCC(F)(F)F)Cc1ccc2ccccc2n1. The van der Waals surface area contributed by atoms with E-state index >= 15 is 0 Å². The molecule has 0 aliphatic heterocycles. The summed E-state index contributed by atoms with van der Waals surface area (Å²) in [6, 6.07) is 10.9. The lowest BCUT2D eigenvalue weighted by Crippen LogP contribution is -2.37. The van der Waals surface area contributed by atoms with Crippen LogP contribution >= 0.6 is 0 Å². The Morgan fingerprint density at radius 3 is 2.60 bits per heavy atom. The zero-order chi connectivity index (χ0) is 14.6. The lowest BCUT2D eigenvalue weighted by atomic mass is 10.0. The van der Waals surface area contributed by atoms with Gasteiger partial charge in [0, 0.05) is 30.0 Å². The van der Waals surface area contributed by atoms with Crippen molar-refractivity contribution in [2.45, 2.75) is 31.5 Å². The molecule has 1 aromatic heterocycles. The minimum atomic E-state index is -4.16. The molecule has 0 amide bonds. The highest BCUT2D eigenvalue weighted by Crippen LogP contribution is 2.23. The smallest absolute Gasteiger partial charge is 0.271 e. The van der Waals surface area contributed by atoms with Crippen LogP contribution in [0.5, 0.6) is 0 Å². The first-order valence-electron chi connectivity index (χ1n) is 6.35. The Morgan fingerprint density at radius 1 is 1.15 bits per heavy atom. The van der Waals surface area contributed by atoms with Gasteiger partial charge in [-0.15, -0.1) is 0 Å². The maximum atomic E-state index is 12.2. The largest absolute Gasteiger partial charge is 0.389 e. The van der Waals surface area contributed by atoms with Crippen LogP contribution in [0.25, 0.3) is 10.9 Å². The molecular formula is C14H16F3N3. The lowest BCUT2D eigenvalue weighted by Gasteiger charge is -2.16. The van der Waals surface area contributed by atoms with Crippen LogP contribution in [-0.2, 0) is 6.42 Å². The Morgan fingerprint density at radius 2 is 1.90 bits per heavy atom. The summed E-state index contributed by atoms with van der Waals surface area (Å²) in [5.74, 6) is 5.32. The lowest BCUT2D eigenvalue weighted by molar-refractivity contribution is -0.136. The molecule has 1 heterocycles. The third-order valence-electron chi connectivity index (χ3n) is 3.12. The van der Waals surface area contributed by atoms with Crippen LogP contribution in [-0.4, -0.2) is 17.2 Å². The van der Waals surface area contributed by atoms with Crippen molar-refractivity contribution >= 4 is 10.9 Å². The monoisotopic (exact) mass is 283 g/mol. The Kier molecular flexibility index (Phi) is 4.57. The first kappa shape index (κ1) is 14.7. The van der Waals surface area contributed by atoms with E-state index in [-0.39, 0.29) is 6.42 Å². The molecule has 1 atom stereocenters. The van der Waals surface area contributed by atoms with Crippen molar-refractivity contribution in [2.24, 2.45) is 5.84 Å². The van der Waals surface area contributed by atoms with Crippen LogP contribution in [0.1, 0.15) is 18.5 Å². The van der Waals surface area contributed by atoms with Crippen molar-refractivity contribution < 1.29 is 13.2 Å². The van der Waals surface area contributed by atoms with Gasteiger partial charge in [-0.3, -0.25) is 16.3 Å². The van der Waals surface area contributed by atoms with Gasteiger partial charge in [-0.05, 0) is 18.6 Å². The number of hydrazine groups is 1. The fourth-order valence-electron chi connectivity index (χ4n) is 2.06. The first-order valence-corrected chi connectivity index (χ1v) is 6.35. The molecule has 0 radical (unpaired) electrons. The number of hydrogen-bond donors (Lipinski definition) is 2. The number of rotatable bonds is 5. The highest BCUT2D eigenvalue weighted by atomic mass is 19.4. The van der Waals surface area contributed by atoms with Crippen LogP contribution in [0.2, 0.25) is 0 Å². The fourth-order valence-corrected chi connectivity index (χ4v) is 2.06. The van der Waals surface area contributed by atoms with Gasteiger partial charge in [0.2, 0.25) is 0 Å². The number of nitrogens with two attached hydrogens (primary N) is 1. The molecule has 1 aromatic carbocycles. The average molecular weight is 283 g/mol. The third-order valence-corrected chi connectivity index (χ3v) is 3.12. The molecule has 1 unspecified atom stereocenters. The molecule has 108 valence electrons. The van der Waals surface area contributed by atoms with E-state index in [1.165, 1.54) is 0 Å². The van der Waals surface area contributed by atoms with E-state index in [0.29, 0.717) is 6.42 Å². The predicted molar refractivity (Wildman–Crippen MR) is 71.8 cm³/mol. The molecule has 6 heteroatoms. The highest BCUT2D eigenvalue weighted by Gasteiger charge is 2.28. The molecule has 3 N–H and O–H groups in total. The fraction of sp³-hybridized carbons (Fsp3) is 0.357. The van der Waals surface area contributed by atoms with Gasteiger partial charge in [0.1, 0.15) is 0 Å². The predicted octanol–water partition coefficient (Wildman–Crippen LogP) is 2.95. The molecule has 20 heavy (non-hydrogen) atoms. The van der Waals surface area contributed by atoms with Gasteiger partial charge in [0.15, 0.2) is 0 Å². The zero-order valence-corrected chi connectivity index (χ0v) is 10.8. The van der Waals surface area contributed by atoms with Crippen molar-refractivity contribution in [3.05, 3.63) is 42.1 Å². The molecular weight excluding hydrogens is 267 g/mol. The Bertz CT molecular complexity index is 569. The minimum Gasteiger partial charge on any atom is -0.271 e. The summed E-state index contributed by atoms with van der Waals surface area (Å²) in [5.41, 5.74) is 3.99. The quantitative estimate of drug-likeness (QED) is 0.655. The van der Waals surface area contributed by atoms with E-state index in [9.17, 15) is 13.2 Å². The topological polar surface area (TPSA) is 50.9 Å². The number of nitrogens with one attached hydrogen (secondary N) is 1. The van der Waals surface area contributed by atoms with Gasteiger partial charge in [-0.2, -0.15) is 13.2 Å². The van der Waals surface area contributed by atoms with Crippen molar-refractivity contribution in [3.63, 3.8) is 0 Å². The van der Waals surface area contributed by atoms with Gasteiger partial charge in [0.05, 0.1) is 5.52 Å². The standard InChI is InChI=1S/C14H16F3N3/c15-14(16,17)8-7-12(20-18)9-11-6-5-10-3-1-2-4-13(10)19-11/h1-6,12,20H,7-9,18H2. The molecule has 0 bridgehead atoms. The summed E-state index contributed by atoms with van der Waals surface area (Å²) < 4.78 is 36.6. The number of alkyl halides is 3. The normalized spacial score (nSPS) is 13.6. The van der Waals surface area contributed by atoms with Crippen LogP contribution in [0.15, 0.2) is 36.4 Å². The van der Waals surface area contributed by atoms with E-state index in [2.05, 4.69) is 10.4 Å². The third kappa shape index (κ3) is 4.18. The zero-order valence-electron chi connectivity index (χ0n) is 10.8. The van der Waals surface area contributed by atoms with Crippen LogP contribution < -0.4 is 11.3 Å². The van der Waals surface area contributed by atoms with Gasteiger partial charge in [-0.25, -0.2) is 0 Å². The molecule has 0 saturated heterocycles. The summed E-state index contributed by atoms with van der Waals surface area (Å²) in [7, 11) is 0. The van der Waals surface area contributed by atoms with Gasteiger partial charge >= 0.3 is 6.18 Å². The minimum absolute atomic E-state index is 0.0610. The van der Waals surface area contributed by atoms with Crippen molar-refractivity contribution in [2.75, 3.05) is 0 Å². The molecule has 2 rings (SSSR count). The number of nitrogens with zero attached hydrogens (tertiary/aromatic N) is 1. The van der Waals surface area contributed by atoms with E-state index < -0.39 is 18.6 Å². The summed E-state index contributed by atoms with van der Waals surface area (Å²) in [6.45, 7) is 0. The highest BCUT2D eigenvalue weighted by molar-refractivity contribution is 5.78. The van der Waals surface area contributed by atoms with Gasteiger partial charge in [0.25, 0.3) is 0 Å². The summed E-state index contributed by atoms with van der Waals surface area (Å²) >= 11 is 0. The second-order valence-corrected chi connectivity index (χ2v) is 4.72. The number of para-hydroxylation sites is 1. The summed E-state index contributed by atoms with van der Waals surface area (Å²) in [4.78, 5) is 4.43. The summed E-state index contributed by atoms with van der Waals surface area (Å²) in [5, 5.41) is 1.00. The first-order chi connectivity index (χ1) is 9.48. The van der Waals surface area contributed by atoms with Crippen LogP contribution in [0, 0.1) is 0 Å². The number of pyridine rings is 1. The second-order valence-electron chi connectivity index (χ2n) is 4.72. The Labute approximate surface area is 115 Å². The molecule has 2 aromatic rings. The van der Waals surface area contributed by atoms with E-state index in [1.807, 2.05) is 36.4 Å². The number of fused-ring (bicyclic) bond motifs is 1. The Balaban J connectivity index is 2.05. The number of hydrogen-bond acceptors (Lipinski definition) is 3. The van der Waals surface area contributed by atoms with Gasteiger partial charge in [-0.1, -0.05) is 24.3 Å². The molecule has 3 nitrogen and oxygen atoms in total. The van der Waals surface area contributed by atoms with Crippen LogP contribution in [0.4, 0.5) is 13.2 Å². The maximum absolute atomic E-state index is 12.2.